The van der Waals surface area contributed by atoms with Crippen LogP contribution in [0.4, 0.5) is 10.5 Å². The highest BCUT2D eigenvalue weighted by molar-refractivity contribution is 5.95. The molecular formula is C64H87N9O16. The highest BCUT2D eigenvalue weighted by Gasteiger charge is 2.25. The van der Waals surface area contributed by atoms with Crippen LogP contribution in [-0.2, 0) is 81.5 Å². The molecule has 4 heterocycles. The number of ketones is 1. The highest BCUT2D eigenvalue weighted by atomic mass is 16.6. The maximum atomic E-state index is 14.3. The minimum absolute atomic E-state index is 0.131. The van der Waals surface area contributed by atoms with Gasteiger partial charge in [0.15, 0.2) is 5.78 Å². The van der Waals surface area contributed by atoms with E-state index in [1.54, 1.807) is 36.7 Å². The second kappa shape index (κ2) is 41.6. The molecule has 25 nitrogen and oxygen atoms in total. The lowest BCUT2D eigenvalue weighted by molar-refractivity contribution is -0.139. The number of pyridine rings is 2. The van der Waals surface area contributed by atoms with Crippen molar-refractivity contribution in [1.82, 2.24) is 40.6 Å². The fourth-order valence-corrected chi connectivity index (χ4v) is 9.49. The van der Waals surface area contributed by atoms with Gasteiger partial charge in [-0.05, 0) is 78.8 Å². The second-order valence-electron chi connectivity index (χ2n) is 21.0. The minimum atomic E-state index is -1.13. The molecule has 0 aliphatic carbocycles. The molecule has 0 unspecified atom stereocenters. The van der Waals surface area contributed by atoms with Gasteiger partial charge >= 0.3 is 12.0 Å². The summed E-state index contributed by atoms with van der Waals surface area (Å²) in [7, 11) is 1.63. The number of carboxylic acid groups (broad SMARTS) is 1. The predicted octanol–water partition coefficient (Wildman–Crippen LogP) is 5.74. The van der Waals surface area contributed by atoms with E-state index in [2.05, 4.69) is 31.2 Å². The van der Waals surface area contributed by atoms with E-state index in [1.165, 1.54) is 4.68 Å². The first kappa shape index (κ1) is 70.5. The fourth-order valence-electron chi connectivity index (χ4n) is 9.49. The van der Waals surface area contributed by atoms with Crippen molar-refractivity contribution in [2.24, 2.45) is 5.92 Å². The Morgan fingerprint density at radius 3 is 1.89 bits per heavy atom. The van der Waals surface area contributed by atoms with E-state index in [9.17, 15) is 33.6 Å². The third-order valence-corrected chi connectivity index (χ3v) is 14.3. The van der Waals surface area contributed by atoms with Crippen LogP contribution in [0.3, 0.4) is 0 Å². The lowest BCUT2D eigenvalue weighted by atomic mass is 9.94. The molecule has 0 saturated carbocycles. The second-order valence-corrected chi connectivity index (χ2v) is 21.0. The smallest absolute Gasteiger partial charge is 0.322 e. The molecule has 5 aromatic rings. The van der Waals surface area contributed by atoms with Crippen molar-refractivity contribution < 1.29 is 71.8 Å². The summed E-state index contributed by atoms with van der Waals surface area (Å²) in [5.41, 5.74) is 5.74. The first-order valence-corrected chi connectivity index (χ1v) is 30.6. The molecule has 1 aliphatic heterocycles. The first-order chi connectivity index (χ1) is 43.5. The number of aromatic nitrogens is 4. The quantitative estimate of drug-likeness (QED) is 0.0290. The van der Waals surface area contributed by atoms with E-state index in [1.807, 2.05) is 60.7 Å². The Kier molecular flexibility index (Phi) is 32.9. The van der Waals surface area contributed by atoms with Gasteiger partial charge in [0.05, 0.1) is 129 Å². The normalized spacial score (nSPS) is 12.2. The molecule has 89 heavy (non-hydrogen) atoms. The Bertz CT molecular complexity index is 2990. The van der Waals surface area contributed by atoms with Crippen LogP contribution in [0.5, 0.6) is 0 Å². The van der Waals surface area contributed by atoms with Gasteiger partial charge in [0, 0.05) is 100 Å². The number of rotatable bonds is 47. The fraction of sp³-hybridized carbons (Fsp3) is 0.531. The lowest BCUT2D eigenvalue weighted by Crippen LogP contribution is -2.36. The van der Waals surface area contributed by atoms with Gasteiger partial charge in [0.1, 0.15) is 0 Å². The van der Waals surface area contributed by atoms with Gasteiger partial charge < -0.3 is 69.2 Å². The number of fused-ring (bicyclic) bond motifs is 2. The number of aliphatic carboxylic acids is 1. The highest BCUT2D eigenvalue weighted by Crippen LogP contribution is 2.29. The summed E-state index contributed by atoms with van der Waals surface area (Å²) in [4.78, 5) is 100. The number of amides is 5. The van der Waals surface area contributed by atoms with E-state index in [4.69, 9.17) is 48.1 Å². The Hall–Kier alpha value is -7.62. The lowest BCUT2D eigenvalue weighted by Gasteiger charge is -2.17. The topological polar surface area (TPSA) is 309 Å². The number of urea groups is 1. The zero-order valence-electron chi connectivity index (χ0n) is 51.1. The number of nitrogens with zero attached hydrogens (tertiary/aromatic N) is 5. The Balaban J connectivity index is 0.872. The summed E-state index contributed by atoms with van der Waals surface area (Å²) in [6, 6.07) is 20.3. The van der Waals surface area contributed by atoms with Gasteiger partial charge in [0.25, 0.3) is 5.56 Å². The zero-order chi connectivity index (χ0) is 63.1. The average molecular weight is 1240 g/mol. The molecule has 484 valence electrons. The molecule has 3 aromatic heterocycles. The van der Waals surface area contributed by atoms with E-state index >= 15 is 0 Å². The number of carbonyl (C=O) groups excluding carboxylic acids is 5. The molecule has 0 bridgehead atoms. The van der Waals surface area contributed by atoms with Crippen LogP contribution in [0.15, 0.2) is 90.1 Å². The number of Topliss-reactive ketones (excluding diaryl/α,β-unsaturated/α-hetero) is 1. The van der Waals surface area contributed by atoms with Crippen LogP contribution in [-0.4, -0.2) is 191 Å². The molecule has 0 saturated heterocycles. The summed E-state index contributed by atoms with van der Waals surface area (Å²) in [5, 5.41) is 25.9. The molecule has 5 amide bonds. The van der Waals surface area contributed by atoms with E-state index < -0.39 is 17.8 Å². The van der Waals surface area contributed by atoms with Gasteiger partial charge in [0.2, 0.25) is 17.7 Å². The summed E-state index contributed by atoms with van der Waals surface area (Å²) in [6.07, 6.45) is 8.75. The molecule has 25 heteroatoms. The number of benzene rings is 2. The van der Waals surface area contributed by atoms with Crippen LogP contribution >= 0.6 is 0 Å². The molecule has 0 spiro atoms. The molecular weight excluding hydrogens is 1150 g/mol. The number of carboxylic acids is 1. The molecule has 2 aromatic carbocycles. The summed E-state index contributed by atoms with van der Waals surface area (Å²) in [6.45, 7) is 8.24. The zero-order valence-corrected chi connectivity index (χ0v) is 51.1. The van der Waals surface area contributed by atoms with E-state index in [-0.39, 0.29) is 68.0 Å². The number of hydrogen-bond donors (Lipinski definition) is 5. The van der Waals surface area contributed by atoms with Gasteiger partial charge in [-0.15, -0.1) is 0 Å². The van der Waals surface area contributed by atoms with Gasteiger partial charge in [-0.1, -0.05) is 49.6 Å². The minimum Gasteiger partial charge on any atom is -0.481 e. The molecule has 1 aliphatic rings. The van der Waals surface area contributed by atoms with Gasteiger partial charge in [-0.2, -0.15) is 5.10 Å². The van der Waals surface area contributed by atoms with Crippen molar-refractivity contribution >= 4 is 52.1 Å². The number of hydrogen-bond acceptors (Lipinski definition) is 18. The third kappa shape index (κ3) is 26.9. The number of methoxy groups -OCH3 is 1. The van der Waals surface area contributed by atoms with Crippen LogP contribution in [0.2, 0.25) is 0 Å². The maximum absolute atomic E-state index is 14.3. The summed E-state index contributed by atoms with van der Waals surface area (Å²) in [5.74, 6) is -3.26. The molecule has 0 fully saturated rings. The number of carbonyl (C=O) groups is 6. The van der Waals surface area contributed by atoms with Crippen LogP contribution in [0, 0.1) is 5.92 Å². The Labute approximate surface area is 519 Å². The van der Waals surface area contributed by atoms with Crippen LogP contribution in [0.25, 0.3) is 33.3 Å². The van der Waals surface area contributed by atoms with Gasteiger partial charge in [-0.25, -0.2) is 9.48 Å². The van der Waals surface area contributed by atoms with Crippen molar-refractivity contribution in [2.45, 2.75) is 90.3 Å². The summed E-state index contributed by atoms with van der Waals surface area (Å²) >= 11 is 0. The van der Waals surface area contributed by atoms with Crippen LogP contribution in [0.1, 0.15) is 81.8 Å². The van der Waals surface area contributed by atoms with E-state index in [0.717, 1.165) is 46.0 Å². The monoisotopic (exact) mass is 1240 g/mol. The number of unbranched alkanes of at least 4 members (excludes halogenated alkanes) is 4. The number of anilines is 1. The van der Waals surface area contributed by atoms with E-state index in [0.29, 0.717) is 174 Å². The molecule has 0 radical (unpaired) electrons. The number of aryl methyl sites for hydroxylation is 1. The predicted molar refractivity (Wildman–Crippen MR) is 331 cm³/mol. The Morgan fingerprint density at radius 2 is 1.22 bits per heavy atom. The standard InChI is InChI=1S/C64H87N9O16/c1-82-28-29-84-32-33-86-36-37-88-40-41-89-39-38-87-35-34-85-31-30-83-27-21-60(76)67-22-6-4-10-49(42-53(74)45-69-59(75)18-19-61(77)78)62(79)68-23-5-2-3-7-26-73-63(80)56(54-11-8-13-57-55(54)12-9-24-66-57)43-58(71-73)48-14-16-52(17-15-48)70-64(81)72-46-50-20-25-65-44-51(50)47-72/h8-9,11-17,20,24-25,43-44,49H,2-7,10,18-19,21-23,26-42,45-47H2,1H3,(H,67,76)(H,68,79)(H,69,75)(H,70,81)(H,77,78)/t49-/m1/s1. The van der Waals surface area contributed by atoms with Crippen molar-refractivity contribution in [1.29, 1.82) is 0 Å². The number of nitrogens with one attached hydrogen (secondary N) is 4. The summed E-state index contributed by atoms with van der Waals surface area (Å²) < 4.78 is 44.7. The number of ether oxygens (including phenoxy) is 8. The van der Waals surface area contributed by atoms with Crippen molar-refractivity contribution in [3.8, 4) is 22.4 Å². The van der Waals surface area contributed by atoms with Crippen LogP contribution < -0.4 is 26.8 Å². The van der Waals surface area contributed by atoms with Crippen molar-refractivity contribution in [3.63, 3.8) is 0 Å². The first-order valence-electron chi connectivity index (χ1n) is 30.6. The molecule has 1 atom stereocenters. The third-order valence-electron chi connectivity index (χ3n) is 14.3. The largest absolute Gasteiger partial charge is 0.481 e. The Morgan fingerprint density at radius 1 is 0.607 bits per heavy atom. The molecule has 5 N–H and O–H groups in total. The van der Waals surface area contributed by atoms with Crippen molar-refractivity contribution in [3.05, 3.63) is 107 Å². The molecule has 6 rings (SSSR count). The van der Waals surface area contributed by atoms with Crippen molar-refractivity contribution in [2.75, 3.05) is 131 Å². The average Bonchev–Trinajstić information content (AvgIpc) is 1.67. The maximum Gasteiger partial charge on any atom is 0.322 e. The van der Waals surface area contributed by atoms with Gasteiger partial charge in [-0.3, -0.25) is 38.7 Å². The SMILES string of the molecule is COCCOCCOCCOCCOCCOCCOCCOCCC(=O)NCCCC[C@H](CC(=O)CNC(=O)CCC(=O)O)C(=O)NCCCCCCn1nc(-c2ccc(NC(=O)N3Cc4ccncc4C3)cc2)cc(-c2cccc3ncccc23)c1=O.